The number of methoxy groups -OCH3 is 2. The van der Waals surface area contributed by atoms with Gasteiger partial charge in [0.1, 0.15) is 23.1 Å². The van der Waals surface area contributed by atoms with Crippen molar-refractivity contribution in [3.8, 4) is 11.5 Å². The van der Waals surface area contributed by atoms with Crippen LogP contribution >= 0.6 is 0 Å². The van der Waals surface area contributed by atoms with Crippen LogP contribution in [0, 0.1) is 18.6 Å². The van der Waals surface area contributed by atoms with E-state index in [4.69, 9.17) is 15.2 Å². The summed E-state index contributed by atoms with van der Waals surface area (Å²) < 4.78 is 38.0. The van der Waals surface area contributed by atoms with E-state index in [9.17, 15) is 23.5 Å². The number of hydrogen-bond donors (Lipinski definition) is 2. The fourth-order valence-corrected chi connectivity index (χ4v) is 4.86. The van der Waals surface area contributed by atoms with Gasteiger partial charge in [-0.2, -0.15) is 0 Å². The second-order valence-electron chi connectivity index (χ2n) is 10.4. The lowest BCUT2D eigenvalue weighted by atomic mass is 9.97. The van der Waals surface area contributed by atoms with Gasteiger partial charge >= 0.3 is 0 Å². The Kier molecular flexibility index (Phi) is 10.2. The molecule has 0 aliphatic rings. The predicted molar refractivity (Wildman–Crippen MR) is 159 cm³/mol. The highest BCUT2D eigenvalue weighted by atomic mass is 19.1. The normalized spacial score (nSPS) is 12.3. The van der Waals surface area contributed by atoms with E-state index in [0.717, 1.165) is 23.8 Å². The van der Waals surface area contributed by atoms with Gasteiger partial charge in [-0.15, -0.1) is 0 Å². The number of nitrogens with zero attached hydrogens (tertiary/aromatic N) is 1. The Labute approximate surface area is 249 Å². The monoisotopic (exact) mass is 588 g/mol. The van der Waals surface area contributed by atoms with Gasteiger partial charge in [0.15, 0.2) is 5.78 Å². The van der Waals surface area contributed by atoms with Crippen LogP contribution in [0.5, 0.6) is 11.5 Å². The summed E-state index contributed by atoms with van der Waals surface area (Å²) in [5.74, 6) is -1.08. The molecule has 0 aliphatic carbocycles. The van der Waals surface area contributed by atoms with Gasteiger partial charge in [-0.25, -0.2) is 8.78 Å². The summed E-state index contributed by atoms with van der Waals surface area (Å²) in [5, 5.41) is 11.1. The highest BCUT2D eigenvalue weighted by Crippen LogP contribution is 2.22. The summed E-state index contributed by atoms with van der Waals surface area (Å²) in [6.45, 7) is 1.71. The number of aryl methyl sites for hydroxylation is 1. The minimum Gasteiger partial charge on any atom is -0.497 e. The van der Waals surface area contributed by atoms with Gasteiger partial charge in [0, 0.05) is 41.9 Å². The molecule has 0 aromatic heterocycles. The van der Waals surface area contributed by atoms with E-state index < -0.39 is 29.7 Å². The minimum atomic E-state index is -1.23. The van der Waals surface area contributed by atoms with E-state index in [1.54, 1.807) is 61.5 Å². The molecule has 2 unspecified atom stereocenters. The number of amides is 1. The second-order valence-corrected chi connectivity index (χ2v) is 10.4. The number of ketones is 1. The van der Waals surface area contributed by atoms with Crippen LogP contribution in [-0.4, -0.2) is 54.6 Å². The first kappa shape index (κ1) is 31.3. The maximum absolute atomic E-state index is 14.0. The van der Waals surface area contributed by atoms with Crippen LogP contribution in [0.2, 0.25) is 0 Å². The van der Waals surface area contributed by atoms with Crippen LogP contribution in [0.25, 0.3) is 0 Å². The largest absolute Gasteiger partial charge is 0.497 e. The Bertz CT molecular complexity index is 1590. The van der Waals surface area contributed by atoms with E-state index in [0.29, 0.717) is 28.2 Å². The van der Waals surface area contributed by atoms with Crippen molar-refractivity contribution in [1.82, 2.24) is 4.90 Å². The quantitative estimate of drug-likeness (QED) is 0.224. The van der Waals surface area contributed by atoms with Crippen molar-refractivity contribution < 1.29 is 33.0 Å². The predicted octanol–water partition coefficient (Wildman–Crippen LogP) is 5.09. The molecule has 2 atom stereocenters. The average Bonchev–Trinajstić information content (AvgIpc) is 2.99. The third-order valence-corrected chi connectivity index (χ3v) is 7.01. The Morgan fingerprint density at radius 2 is 1.44 bits per heavy atom. The number of halogens is 2. The molecule has 1 amide bonds. The number of aliphatic hydroxyl groups is 1. The summed E-state index contributed by atoms with van der Waals surface area (Å²) in [6.07, 6.45) is -1.25. The van der Waals surface area contributed by atoms with Crippen molar-refractivity contribution in [1.29, 1.82) is 0 Å². The molecule has 0 spiro atoms. The molecular formula is C34H34F2N2O5. The summed E-state index contributed by atoms with van der Waals surface area (Å²) in [7, 11) is 3.05. The number of rotatable bonds is 12. The highest BCUT2D eigenvalue weighted by Gasteiger charge is 2.25. The van der Waals surface area contributed by atoms with Gasteiger partial charge in [0.05, 0.1) is 20.3 Å². The fraction of sp³-hybridized carbons (Fsp3) is 0.235. The number of aliphatic hydroxyl groups excluding tert-OH is 1. The molecular weight excluding hydrogens is 554 g/mol. The molecule has 9 heteroatoms. The van der Waals surface area contributed by atoms with Crippen LogP contribution in [0.3, 0.4) is 0 Å². The smallest absolute Gasteiger partial charge is 0.254 e. The number of carbonyl (C=O) groups excluding carboxylic acids is 2. The molecule has 0 saturated heterocycles. The third-order valence-electron chi connectivity index (χ3n) is 7.01. The molecule has 4 aromatic rings. The van der Waals surface area contributed by atoms with Gasteiger partial charge in [-0.3, -0.25) is 9.59 Å². The average molecular weight is 589 g/mol. The van der Waals surface area contributed by atoms with Gasteiger partial charge in [-0.1, -0.05) is 24.3 Å². The summed E-state index contributed by atoms with van der Waals surface area (Å²) in [6, 6.07) is 20.9. The Hall–Kier alpha value is -4.60. The number of carbonyl (C=O) groups is 2. The van der Waals surface area contributed by atoms with E-state index in [1.807, 2.05) is 6.07 Å². The molecule has 0 heterocycles. The second kappa shape index (κ2) is 14.0. The molecule has 224 valence electrons. The zero-order valence-electron chi connectivity index (χ0n) is 24.2. The highest BCUT2D eigenvalue weighted by molar-refractivity contribution is 6.10. The maximum atomic E-state index is 14.0. The van der Waals surface area contributed by atoms with E-state index in [1.165, 1.54) is 25.2 Å². The fourth-order valence-electron chi connectivity index (χ4n) is 4.86. The molecule has 43 heavy (non-hydrogen) atoms. The lowest BCUT2D eigenvalue weighted by molar-refractivity contribution is 0.0554. The van der Waals surface area contributed by atoms with Gasteiger partial charge in [-0.05, 0) is 84.6 Å². The topological polar surface area (TPSA) is 102 Å². The molecule has 0 fully saturated rings. The van der Waals surface area contributed by atoms with Crippen molar-refractivity contribution >= 4 is 11.7 Å². The van der Waals surface area contributed by atoms with Crippen molar-refractivity contribution in [2.24, 2.45) is 5.73 Å². The van der Waals surface area contributed by atoms with Crippen molar-refractivity contribution in [2.45, 2.75) is 32.0 Å². The summed E-state index contributed by atoms with van der Waals surface area (Å²) in [4.78, 5) is 28.8. The number of nitrogens with two attached hydrogens (primary N) is 1. The van der Waals surface area contributed by atoms with Gasteiger partial charge in [0.2, 0.25) is 0 Å². The molecule has 7 nitrogen and oxygen atoms in total. The van der Waals surface area contributed by atoms with Crippen LogP contribution in [-0.2, 0) is 13.0 Å². The first-order valence-corrected chi connectivity index (χ1v) is 13.7. The van der Waals surface area contributed by atoms with E-state index in [-0.39, 0.29) is 36.4 Å². The van der Waals surface area contributed by atoms with Crippen molar-refractivity contribution in [2.75, 3.05) is 20.8 Å². The number of ether oxygens (including phenoxy) is 2. The molecule has 0 saturated carbocycles. The lowest BCUT2D eigenvalue weighted by Gasteiger charge is -2.29. The molecule has 4 rings (SSSR count). The first-order chi connectivity index (χ1) is 20.6. The molecule has 0 radical (unpaired) electrons. The SMILES string of the molecule is COc1cccc(CN(CC(O)C(N)Cc2cc(F)cc(F)c2)C(=O)c2cc(C)cc(C(=O)c3cccc(OC)c3)c2)c1. The Balaban J connectivity index is 1.63. The van der Waals surface area contributed by atoms with Crippen molar-refractivity contribution in [3.63, 3.8) is 0 Å². The summed E-state index contributed by atoms with van der Waals surface area (Å²) >= 11 is 0. The molecule has 0 bridgehead atoms. The van der Waals surface area contributed by atoms with Crippen LogP contribution in [0.4, 0.5) is 8.78 Å². The van der Waals surface area contributed by atoms with Crippen LogP contribution in [0.1, 0.15) is 43.0 Å². The standard InChI is InChI=1S/C34H34F2N2O5/c1-21-10-25(33(40)24-7-5-9-30(17-24)43-3)16-26(11-21)34(41)38(19-22-6-4-8-29(14-22)42-2)20-32(39)31(37)15-23-12-27(35)18-28(36)13-23/h4-14,16-18,31-32,39H,15,19-20,37H2,1-3H3. The lowest BCUT2D eigenvalue weighted by Crippen LogP contribution is -2.46. The number of benzene rings is 4. The van der Waals surface area contributed by atoms with E-state index in [2.05, 4.69) is 0 Å². The third kappa shape index (κ3) is 8.24. The van der Waals surface area contributed by atoms with Gasteiger partial charge in [0.25, 0.3) is 5.91 Å². The first-order valence-electron chi connectivity index (χ1n) is 13.7. The zero-order valence-corrected chi connectivity index (χ0v) is 24.2. The maximum Gasteiger partial charge on any atom is 0.254 e. The van der Waals surface area contributed by atoms with Crippen LogP contribution in [0.15, 0.2) is 84.9 Å². The zero-order chi connectivity index (χ0) is 31.1. The molecule has 4 aromatic carbocycles. The Morgan fingerprint density at radius 1 is 0.814 bits per heavy atom. The molecule has 3 N–H and O–H groups in total. The minimum absolute atomic E-state index is 0.0132. The molecule has 0 aliphatic heterocycles. The Morgan fingerprint density at radius 3 is 2.12 bits per heavy atom. The number of hydrogen-bond acceptors (Lipinski definition) is 6. The van der Waals surface area contributed by atoms with Crippen LogP contribution < -0.4 is 15.2 Å². The van der Waals surface area contributed by atoms with Crippen molar-refractivity contribution in [3.05, 3.63) is 130 Å². The summed E-state index contributed by atoms with van der Waals surface area (Å²) in [5.41, 5.74) is 8.95. The van der Waals surface area contributed by atoms with E-state index >= 15 is 0 Å². The van der Waals surface area contributed by atoms with Gasteiger partial charge < -0.3 is 25.2 Å².